The minimum atomic E-state index is -4.67. The van der Waals surface area contributed by atoms with Gasteiger partial charge in [-0.1, -0.05) is 12.6 Å². The van der Waals surface area contributed by atoms with E-state index in [2.05, 4.69) is 21.9 Å². The van der Waals surface area contributed by atoms with E-state index in [1.54, 1.807) is 30.5 Å². The number of imidazole rings is 1. The quantitative estimate of drug-likeness (QED) is 0.517. The van der Waals surface area contributed by atoms with Crippen LogP contribution >= 0.6 is 0 Å². The number of anilines is 1. The zero-order valence-corrected chi connectivity index (χ0v) is 16.8. The first-order valence-electron chi connectivity index (χ1n) is 9.40. The highest BCUT2D eigenvalue weighted by Gasteiger charge is 2.33. The smallest absolute Gasteiger partial charge is 0.433 e. The Balaban J connectivity index is 1.93. The molecule has 3 aromatic rings. The molecular formula is C21H20F4N4O2. The van der Waals surface area contributed by atoms with Crippen LogP contribution in [0, 0.1) is 0 Å². The van der Waals surface area contributed by atoms with E-state index in [4.69, 9.17) is 4.74 Å². The van der Waals surface area contributed by atoms with Gasteiger partial charge in [0.2, 0.25) is 0 Å². The van der Waals surface area contributed by atoms with Gasteiger partial charge in [-0.25, -0.2) is 14.4 Å². The predicted octanol–water partition coefficient (Wildman–Crippen LogP) is 5.20. The standard InChI is InChI=1S/C21H20F4N4O2/c1-12(2)31-17-9-19-26-14(8-7-13(3)22)10-29(19)11-16(17)28-20(30)15-5-4-6-18(27-15)21(23,24)25/h4-6,9-12H,3,7-8H2,1-2H3,(H,28,30). The maximum absolute atomic E-state index is 12.9. The third kappa shape index (κ3) is 5.59. The van der Waals surface area contributed by atoms with E-state index < -0.39 is 29.3 Å². The molecule has 0 radical (unpaired) electrons. The molecule has 10 heteroatoms. The molecule has 0 spiro atoms. The molecule has 0 aromatic carbocycles. The molecule has 31 heavy (non-hydrogen) atoms. The van der Waals surface area contributed by atoms with Gasteiger partial charge in [0.05, 0.1) is 17.6 Å². The SMILES string of the molecule is C=C(F)CCc1cn2cc(NC(=O)c3cccc(C(F)(F)F)n3)c(OC(C)C)cc2n1. The number of carbonyl (C=O) groups is 1. The highest BCUT2D eigenvalue weighted by molar-refractivity contribution is 6.03. The van der Waals surface area contributed by atoms with E-state index >= 15 is 0 Å². The van der Waals surface area contributed by atoms with Crippen molar-refractivity contribution in [3.63, 3.8) is 0 Å². The van der Waals surface area contributed by atoms with Gasteiger partial charge in [0.1, 0.15) is 28.5 Å². The molecule has 0 saturated carbocycles. The number of fused-ring (bicyclic) bond motifs is 1. The summed E-state index contributed by atoms with van der Waals surface area (Å²) in [7, 11) is 0. The second-order valence-corrected chi connectivity index (χ2v) is 7.09. The first-order chi connectivity index (χ1) is 14.5. The van der Waals surface area contributed by atoms with E-state index in [0.29, 0.717) is 17.8 Å². The molecule has 0 aliphatic rings. The van der Waals surface area contributed by atoms with Gasteiger partial charge in [-0.2, -0.15) is 13.2 Å². The number of amides is 1. The van der Waals surface area contributed by atoms with Crippen LogP contribution in [0.1, 0.15) is 42.1 Å². The topological polar surface area (TPSA) is 68.5 Å². The second kappa shape index (κ2) is 8.75. The lowest BCUT2D eigenvalue weighted by Crippen LogP contribution is -2.18. The largest absolute Gasteiger partial charge is 0.489 e. The molecule has 0 unspecified atom stereocenters. The molecule has 1 amide bonds. The number of aryl methyl sites for hydroxylation is 1. The number of aromatic nitrogens is 3. The van der Waals surface area contributed by atoms with Gasteiger partial charge in [-0.3, -0.25) is 4.79 Å². The summed E-state index contributed by atoms with van der Waals surface area (Å²) in [5, 5.41) is 2.55. The Kier molecular flexibility index (Phi) is 6.28. The summed E-state index contributed by atoms with van der Waals surface area (Å²) in [6, 6.07) is 4.67. The lowest BCUT2D eigenvalue weighted by molar-refractivity contribution is -0.141. The molecule has 3 aromatic heterocycles. The Hall–Kier alpha value is -3.43. The van der Waals surface area contributed by atoms with Gasteiger partial charge in [0.15, 0.2) is 0 Å². The highest BCUT2D eigenvalue weighted by Crippen LogP contribution is 2.30. The van der Waals surface area contributed by atoms with Gasteiger partial charge in [0.25, 0.3) is 5.91 Å². The predicted molar refractivity (Wildman–Crippen MR) is 107 cm³/mol. The normalized spacial score (nSPS) is 11.7. The number of nitrogens with one attached hydrogen (secondary N) is 1. The summed E-state index contributed by atoms with van der Waals surface area (Å²) in [5.74, 6) is -0.995. The number of hydrogen-bond acceptors (Lipinski definition) is 4. The van der Waals surface area contributed by atoms with Crippen molar-refractivity contribution >= 4 is 17.2 Å². The van der Waals surface area contributed by atoms with Crippen LogP contribution in [0.2, 0.25) is 0 Å². The number of hydrogen-bond donors (Lipinski definition) is 1. The molecule has 3 heterocycles. The number of carbonyl (C=O) groups excluding carboxylic acids is 1. The number of ether oxygens (including phenoxy) is 1. The summed E-state index contributed by atoms with van der Waals surface area (Å²) in [4.78, 5) is 20.4. The highest BCUT2D eigenvalue weighted by atomic mass is 19.4. The molecule has 3 rings (SSSR count). The molecule has 0 atom stereocenters. The van der Waals surface area contributed by atoms with Crippen molar-refractivity contribution in [3.8, 4) is 5.75 Å². The Morgan fingerprint density at radius 3 is 2.65 bits per heavy atom. The van der Waals surface area contributed by atoms with E-state index in [-0.39, 0.29) is 24.0 Å². The van der Waals surface area contributed by atoms with Crippen molar-refractivity contribution in [3.05, 3.63) is 66.1 Å². The maximum Gasteiger partial charge on any atom is 0.433 e. The lowest BCUT2D eigenvalue weighted by atomic mass is 10.2. The Labute approximate surface area is 175 Å². The van der Waals surface area contributed by atoms with Crippen LogP contribution in [0.25, 0.3) is 5.65 Å². The van der Waals surface area contributed by atoms with Crippen LogP contribution in [-0.4, -0.2) is 26.4 Å². The van der Waals surface area contributed by atoms with Crippen LogP contribution in [0.3, 0.4) is 0 Å². The van der Waals surface area contributed by atoms with Gasteiger partial charge < -0.3 is 14.5 Å². The van der Waals surface area contributed by atoms with Crippen LogP contribution in [-0.2, 0) is 12.6 Å². The molecule has 0 saturated heterocycles. The van der Waals surface area contributed by atoms with Crippen molar-refractivity contribution in [2.24, 2.45) is 0 Å². The molecule has 1 N–H and O–H groups in total. The number of alkyl halides is 3. The van der Waals surface area contributed by atoms with Crippen molar-refractivity contribution in [2.75, 3.05) is 5.32 Å². The van der Waals surface area contributed by atoms with Crippen molar-refractivity contribution in [2.45, 2.75) is 39.0 Å². The fraction of sp³-hybridized carbons (Fsp3) is 0.286. The Morgan fingerprint density at radius 2 is 2.00 bits per heavy atom. The summed E-state index contributed by atoms with van der Waals surface area (Å²) < 4.78 is 59.0. The fourth-order valence-electron chi connectivity index (χ4n) is 2.80. The minimum Gasteiger partial charge on any atom is -0.489 e. The van der Waals surface area contributed by atoms with E-state index in [0.717, 1.165) is 12.1 Å². The molecular weight excluding hydrogens is 416 g/mol. The van der Waals surface area contributed by atoms with Gasteiger partial charge in [-0.15, -0.1) is 0 Å². The van der Waals surface area contributed by atoms with Crippen molar-refractivity contribution in [1.82, 2.24) is 14.4 Å². The number of halogens is 4. The second-order valence-electron chi connectivity index (χ2n) is 7.09. The van der Waals surface area contributed by atoms with Gasteiger partial charge in [-0.05, 0) is 32.4 Å². The molecule has 6 nitrogen and oxygen atoms in total. The van der Waals surface area contributed by atoms with E-state index in [9.17, 15) is 22.4 Å². The Bertz CT molecular complexity index is 1120. The lowest BCUT2D eigenvalue weighted by Gasteiger charge is -2.15. The van der Waals surface area contributed by atoms with Gasteiger partial charge >= 0.3 is 6.18 Å². The first-order valence-corrected chi connectivity index (χ1v) is 9.40. The average molecular weight is 436 g/mol. The third-order valence-electron chi connectivity index (χ3n) is 4.14. The zero-order valence-electron chi connectivity index (χ0n) is 16.8. The Morgan fingerprint density at radius 1 is 1.26 bits per heavy atom. The van der Waals surface area contributed by atoms with Crippen LogP contribution < -0.4 is 10.1 Å². The zero-order chi connectivity index (χ0) is 22.8. The summed E-state index contributed by atoms with van der Waals surface area (Å²) in [5.41, 5.74) is -0.215. The molecule has 0 fully saturated rings. The molecule has 0 bridgehead atoms. The summed E-state index contributed by atoms with van der Waals surface area (Å²) >= 11 is 0. The van der Waals surface area contributed by atoms with Crippen LogP contribution in [0.15, 0.2) is 49.1 Å². The number of nitrogens with zero attached hydrogens (tertiary/aromatic N) is 3. The summed E-state index contributed by atoms with van der Waals surface area (Å²) in [6.45, 7) is 6.79. The molecule has 0 aliphatic heterocycles. The van der Waals surface area contributed by atoms with Crippen LogP contribution in [0.4, 0.5) is 23.2 Å². The summed E-state index contributed by atoms with van der Waals surface area (Å²) in [6.07, 6.45) is -1.25. The fourth-order valence-corrected chi connectivity index (χ4v) is 2.80. The molecule has 164 valence electrons. The van der Waals surface area contributed by atoms with E-state index in [1.807, 2.05) is 0 Å². The molecule has 0 aliphatic carbocycles. The number of rotatable bonds is 7. The van der Waals surface area contributed by atoms with E-state index in [1.165, 1.54) is 12.3 Å². The van der Waals surface area contributed by atoms with Crippen molar-refractivity contribution in [1.29, 1.82) is 0 Å². The average Bonchev–Trinajstić information content (AvgIpc) is 3.07. The third-order valence-corrected chi connectivity index (χ3v) is 4.14. The minimum absolute atomic E-state index is 0.129. The first kappa shape index (κ1) is 22.3. The number of pyridine rings is 2. The monoisotopic (exact) mass is 436 g/mol. The van der Waals surface area contributed by atoms with Crippen molar-refractivity contribution < 1.29 is 27.1 Å². The van der Waals surface area contributed by atoms with Crippen LogP contribution in [0.5, 0.6) is 5.75 Å². The van der Waals surface area contributed by atoms with Gasteiger partial charge in [0, 0.05) is 24.9 Å². The maximum atomic E-state index is 12.9. The number of allylic oxidation sites excluding steroid dienone is 1.